The van der Waals surface area contributed by atoms with Crippen molar-refractivity contribution in [3.63, 3.8) is 0 Å². The molecule has 0 bridgehead atoms. The Hall–Kier alpha value is -3.73. The lowest BCUT2D eigenvalue weighted by molar-refractivity contribution is -0.144. The Morgan fingerprint density at radius 1 is 1.00 bits per heavy atom. The highest BCUT2D eigenvalue weighted by atomic mass is 31.0. The summed E-state index contributed by atoms with van der Waals surface area (Å²) >= 11 is 0. The van der Waals surface area contributed by atoms with Crippen molar-refractivity contribution < 1.29 is 45.4 Å². The Morgan fingerprint density at radius 3 is 2.10 bits per heavy atom. The second-order valence-corrected chi connectivity index (χ2v) is 9.29. The first-order valence-corrected chi connectivity index (χ1v) is 11.6. The fraction of sp³-hybridized carbons (Fsp3) is 0.240. The van der Waals surface area contributed by atoms with Gasteiger partial charge in [-0.15, -0.1) is 0 Å². The number of pyridine rings is 1. The monoisotopic (exact) mass is 576 g/mol. The quantitative estimate of drug-likeness (QED) is 0.303. The van der Waals surface area contributed by atoms with Crippen molar-refractivity contribution >= 4 is 21.1 Å². The summed E-state index contributed by atoms with van der Waals surface area (Å²) in [6.45, 7) is 0. The zero-order valence-corrected chi connectivity index (χ0v) is 21.1. The van der Waals surface area contributed by atoms with Gasteiger partial charge in [0, 0.05) is 31.0 Å². The lowest BCUT2D eigenvalue weighted by Crippen LogP contribution is -2.43. The number of carbonyl (C=O) groups is 2. The number of alkyl halides is 5. The first-order valence-electron chi connectivity index (χ1n) is 11.0. The molecule has 0 fully saturated rings. The molecule has 2 aromatic carbocycles. The molecule has 1 amide bonds. The van der Waals surface area contributed by atoms with Crippen LogP contribution in [-0.4, -0.2) is 27.6 Å². The van der Waals surface area contributed by atoms with Crippen LogP contribution in [0.15, 0.2) is 53.3 Å². The Kier molecular flexibility index (Phi) is 8.54. The molecule has 2 atom stereocenters. The number of hydrogen-bond acceptors (Lipinski definition) is 3. The number of carbonyl (C=O) groups excluding carboxylic acids is 1. The van der Waals surface area contributed by atoms with E-state index in [2.05, 4.69) is 0 Å². The first kappa shape index (κ1) is 29.8. The van der Waals surface area contributed by atoms with Gasteiger partial charge in [-0.1, -0.05) is 39.6 Å². The van der Waals surface area contributed by atoms with Crippen LogP contribution in [0.2, 0.25) is 0 Å². The second kappa shape index (κ2) is 11.2. The molecule has 3 aromatic rings. The summed E-state index contributed by atoms with van der Waals surface area (Å²) in [6, 6.07) is 6.67. The number of carboxylic acids is 1. The van der Waals surface area contributed by atoms with Gasteiger partial charge in [0.05, 0.1) is 0 Å². The third-order valence-electron chi connectivity index (χ3n) is 5.79. The molecule has 0 aliphatic heterocycles. The summed E-state index contributed by atoms with van der Waals surface area (Å²) in [5.41, 5.74) is -9.07. The van der Waals surface area contributed by atoms with Crippen molar-refractivity contribution in [1.29, 1.82) is 0 Å². The smallest absolute Gasteiger partial charge is 0.431 e. The minimum atomic E-state index is -5.07. The molecule has 39 heavy (non-hydrogen) atoms. The molecule has 0 saturated carbocycles. The first-order chi connectivity index (χ1) is 18.0. The van der Waals surface area contributed by atoms with Gasteiger partial charge in [0.2, 0.25) is 0 Å². The number of aromatic nitrogens is 1. The molecule has 2 N–H and O–H groups in total. The van der Waals surface area contributed by atoms with Crippen LogP contribution in [0.5, 0.6) is 0 Å². The molecule has 1 heterocycles. The average molecular weight is 576 g/mol. The fourth-order valence-corrected chi connectivity index (χ4v) is 4.20. The van der Waals surface area contributed by atoms with Gasteiger partial charge in [-0.3, -0.25) is 9.59 Å². The summed E-state index contributed by atoms with van der Waals surface area (Å²) < 4.78 is 96.5. The average Bonchev–Trinajstić information content (AvgIpc) is 2.80. The number of amides is 1. The van der Waals surface area contributed by atoms with Crippen molar-refractivity contribution in [2.75, 3.05) is 0 Å². The highest BCUT2D eigenvalue weighted by Crippen LogP contribution is 2.39. The molecule has 3 rings (SSSR count). The number of benzene rings is 2. The highest BCUT2D eigenvalue weighted by molar-refractivity contribution is 7.17. The molecule has 1 aromatic heterocycles. The number of hydrogen-bond donors (Lipinski definition) is 2. The number of rotatable bonds is 8. The molecule has 1 unspecified atom stereocenters. The summed E-state index contributed by atoms with van der Waals surface area (Å²) in [5.74, 6) is -5.29. The van der Waals surface area contributed by atoms with E-state index in [0.29, 0.717) is 0 Å². The lowest BCUT2D eigenvalue weighted by atomic mass is 9.97. The maximum atomic E-state index is 14.2. The molecule has 0 aliphatic carbocycles. The van der Waals surface area contributed by atoms with Gasteiger partial charge in [0.1, 0.15) is 28.9 Å². The maximum absolute atomic E-state index is 14.2. The van der Waals surface area contributed by atoms with Crippen molar-refractivity contribution in [3.8, 4) is 0 Å². The fourth-order valence-electron chi connectivity index (χ4n) is 3.94. The van der Waals surface area contributed by atoms with Crippen LogP contribution in [0.25, 0.3) is 0 Å². The van der Waals surface area contributed by atoms with Gasteiger partial charge in [-0.25, -0.2) is 13.6 Å². The molecule has 0 radical (unpaired) electrons. The van der Waals surface area contributed by atoms with Crippen molar-refractivity contribution in [3.05, 3.63) is 104 Å². The summed E-state index contributed by atoms with van der Waals surface area (Å²) in [6.07, 6.45) is -6.01. The zero-order chi connectivity index (χ0) is 29.3. The Morgan fingerprint density at radius 2 is 1.56 bits per heavy atom. The van der Waals surface area contributed by atoms with E-state index in [4.69, 9.17) is 0 Å². The largest absolute Gasteiger partial charge is 0.480 e. The molecule has 6 nitrogen and oxygen atoms in total. The number of carboxylic acid groups (broad SMARTS) is 1. The third-order valence-corrected chi connectivity index (χ3v) is 6.10. The van der Waals surface area contributed by atoms with Crippen LogP contribution < -0.4 is 10.9 Å². The van der Waals surface area contributed by atoms with Gasteiger partial charge in [0.25, 0.3) is 17.1 Å². The van der Waals surface area contributed by atoms with Gasteiger partial charge in [-0.05, 0) is 29.3 Å². The summed E-state index contributed by atoms with van der Waals surface area (Å²) in [5, 5.41) is 11.6. The molecule has 0 saturated heterocycles. The van der Waals surface area contributed by atoms with E-state index in [1.807, 2.05) is 5.32 Å². The zero-order valence-electron chi connectivity index (χ0n) is 20.0. The standard InChI is InChI=1S/C25H20F7N2O4P/c1-34-19(24(28,29)30)11-15(25(31,32)39)14(22(34)36)9-12-4-2-5-13(8-12)10-18(23(37)38)33-21(35)20-16(26)6-3-7-17(20)27/h2-8,11,18H,9-10,39H2,1H3,(H,33,35)(H,37,38)/t18-/m0/s1. The molecular weight excluding hydrogens is 556 g/mol. The predicted octanol–water partition coefficient (Wildman–Crippen LogP) is 4.62. The number of nitrogens with zero attached hydrogens (tertiary/aromatic N) is 1. The van der Waals surface area contributed by atoms with E-state index in [0.717, 1.165) is 34.5 Å². The normalized spacial score (nSPS) is 12.7. The molecule has 208 valence electrons. The maximum Gasteiger partial charge on any atom is 0.431 e. The SMILES string of the molecule is Cn1c(C(F)(F)F)cc(C(F)(F)P)c(Cc2cccc(C[C@H](NC(=O)c3c(F)cccc3F)C(=O)O)c2)c1=O. The van der Waals surface area contributed by atoms with E-state index in [1.165, 1.54) is 24.3 Å². The molecular formula is C25H20F7N2O4P. The van der Waals surface area contributed by atoms with Crippen LogP contribution >= 0.6 is 9.24 Å². The summed E-state index contributed by atoms with van der Waals surface area (Å²) in [4.78, 5) is 36.8. The van der Waals surface area contributed by atoms with E-state index >= 15 is 0 Å². The number of aliphatic carboxylic acids is 1. The topological polar surface area (TPSA) is 88.4 Å². The Balaban J connectivity index is 1.93. The van der Waals surface area contributed by atoms with Gasteiger partial charge in [-0.2, -0.15) is 22.0 Å². The van der Waals surface area contributed by atoms with Crippen LogP contribution in [0.4, 0.5) is 30.7 Å². The van der Waals surface area contributed by atoms with Gasteiger partial charge < -0.3 is 15.0 Å². The van der Waals surface area contributed by atoms with Crippen LogP contribution in [0.3, 0.4) is 0 Å². The van der Waals surface area contributed by atoms with Crippen LogP contribution in [0, 0.1) is 11.6 Å². The molecule has 0 aliphatic rings. The second-order valence-electron chi connectivity index (χ2n) is 8.57. The minimum Gasteiger partial charge on any atom is -0.480 e. The molecule has 0 spiro atoms. The Labute approximate surface area is 218 Å². The number of nitrogens with one attached hydrogen (secondary N) is 1. The van der Waals surface area contributed by atoms with Crippen molar-refractivity contribution in [1.82, 2.24) is 9.88 Å². The van der Waals surface area contributed by atoms with Crippen molar-refractivity contribution in [2.24, 2.45) is 7.05 Å². The predicted molar refractivity (Wildman–Crippen MR) is 128 cm³/mol. The van der Waals surface area contributed by atoms with E-state index in [-0.39, 0.29) is 21.8 Å². The number of halogens is 7. The van der Waals surface area contributed by atoms with E-state index in [1.54, 1.807) is 0 Å². The Bertz CT molecular complexity index is 1460. The van der Waals surface area contributed by atoms with Gasteiger partial charge >= 0.3 is 12.1 Å². The lowest BCUT2D eigenvalue weighted by Gasteiger charge is -2.21. The highest BCUT2D eigenvalue weighted by Gasteiger charge is 2.39. The third kappa shape index (κ3) is 6.83. The van der Waals surface area contributed by atoms with E-state index in [9.17, 15) is 50.2 Å². The summed E-state index contributed by atoms with van der Waals surface area (Å²) in [7, 11) is 1.90. The van der Waals surface area contributed by atoms with Gasteiger partial charge in [0.15, 0.2) is 0 Å². The molecule has 14 heteroatoms. The van der Waals surface area contributed by atoms with Crippen LogP contribution in [0.1, 0.15) is 38.3 Å². The minimum absolute atomic E-state index is 0.176. The van der Waals surface area contributed by atoms with Crippen molar-refractivity contribution in [2.45, 2.75) is 30.7 Å². The van der Waals surface area contributed by atoms with Crippen LogP contribution in [-0.2, 0) is 36.5 Å². The van der Waals surface area contributed by atoms with E-state index < -0.39 is 82.2 Å².